The Labute approximate surface area is 257 Å². The van der Waals surface area contributed by atoms with E-state index in [-0.39, 0.29) is 0 Å². The molecule has 0 fully saturated rings. The smallest absolute Gasteiger partial charge is 0.0886 e. The fourth-order valence-electron chi connectivity index (χ4n) is 4.88. The Morgan fingerprint density at radius 3 is 1.36 bits per heavy atom. The van der Waals surface area contributed by atoms with Crippen LogP contribution in [0.2, 0.25) is 0 Å². The Hall–Kier alpha value is -6.00. The Balaban J connectivity index is 0.000000118. The molecule has 4 nitrogen and oxygen atoms in total. The molecule has 0 bridgehead atoms. The second-order valence-electron chi connectivity index (χ2n) is 9.95. The lowest BCUT2D eigenvalue weighted by molar-refractivity contribution is 1.25. The van der Waals surface area contributed by atoms with Crippen LogP contribution in [0.15, 0.2) is 183 Å². The van der Waals surface area contributed by atoms with Gasteiger partial charge in [0, 0.05) is 35.9 Å². The number of pyridine rings is 4. The molecule has 0 spiro atoms. The zero-order chi connectivity index (χ0) is 29.8. The standard InChI is InChI=1S/2C15H11N.C10H8N2/c1-2-8-13-12(6-1)7-5-9-14(13)15-10-3-4-11-16-15;1-2-6-13-11-14(9-8-12(13)5-1)15-7-3-4-10-16-15;1-3-7-11-9(5-1)10-6-2-4-8-12-10/h2*1-11H;1-8H. The first-order valence-corrected chi connectivity index (χ1v) is 14.5. The lowest BCUT2D eigenvalue weighted by Crippen LogP contribution is -1.83. The van der Waals surface area contributed by atoms with Crippen LogP contribution in [-0.4, -0.2) is 19.9 Å². The van der Waals surface area contributed by atoms with E-state index in [1.807, 2.05) is 85.2 Å². The maximum absolute atomic E-state index is 4.40. The number of hydrogen-bond donors (Lipinski definition) is 0. The summed E-state index contributed by atoms with van der Waals surface area (Å²) in [5.41, 5.74) is 6.24. The molecule has 0 unspecified atom stereocenters. The van der Waals surface area contributed by atoms with E-state index in [4.69, 9.17) is 0 Å². The van der Waals surface area contributed by atoms with E-state index in [1.54, 1.807) is 12.4 Å². The van der Waals surface area contributed by atoms with Gasteiger partial charge in [-0.3, -0.25) is 19.9 Å². The molecule has 4 heterocycles. The van der Waals surface area contributed by atoms with Crippen molar-refractivity contribution >= 4 is 21.5 Å². The molecular formula is C40H30N4. The van der Waals surface area contributed by atoms with Crippen molar-refractivity contribution in [1.82, 2.24) is 19.9 Å². The number of aromatic nitrogens is 4. The molecular weight excluding hydrogens is 536 g/mol. The molecule has 0 aliphatic carbocycles. The number of benzene rings is 4. The first-order valence-electron chi connectivity index (χ1n) is 14.5. The second-order valence-corrected chi connectivity index (χ2v) is 9.95. The van der Waals surface area contributed by atoms with E-state index in [9.17, 15) is 0 Å². The molecule has 8 aromatic rings. The first kappa shape index (κ1) is 28.1. The highest BCUT2D eigenvalue weighted by atomic mass is 14.7. The molecule has 8 rings (SSSR count). The van der Waals surface area contributed by atoms with Crippen LogP contribution in [0.25, 0.3) is 55.4 Å². The summed E-state index contributed by atoms with van der Waals surface area (Å²) < 4.78 is 0. The van der Waals surface area contributed by atoms with Gasteiger partial charge in [0.15, 0.2) is 0 Å². The van der Waals surface area contributed by atoms with Crippen molar-refractivity contribution in [1.29, 1.82) is 0 Å². The molecule has 0 aliphatic heterocycles. The second kappa shape index (κ2) is 14.3. The van der Waals surface area contributed by atoms with Crippen molar-refractivity contribution in [2.75, 3.05) is 0 Å². The van der Waals surface area contributed by atoms with Gasteiger partial charge in [0.2, 0.25) is 0 Å². The molecule has 44 heavy (non-hydrogen) atoms. The lowest BCUT2D eigenvalue weighted by atomic mass is 10.0. The minimum Gasteiger partial charge on any atom is -0.256 e. The van der Waals surface area contributed by atoms with Crippen LogP contribution in [0.3, 0.4) is 0 Å². The van der Waals surface area contributed by atoms with Gasteiger partial charge in [-0.05, 0) is 76.1 Å². The minimum absolute atomic E-state index is 0.915. The number of rotatable bonds is 3. The van der Waals surface area contributed by atoms with Gasteiger partial charge in [-0.25, -0.2) is 0 Å². The maximum Gasteiger partial charge on any atom is 0.0886 e. The van der Waals surface area contributed by atoms with E-state index >= 15 is 0 Å². The van der Waals surface area contributed by atoms with Gasteiger partial charge in [-0.15, -0.1) is 0 Å². The monoisotopic (exact) mass is 566 g/mol. The molecule has 0 aliphatic rings. The molecule has 4 aromatic heterocycles. The summed E-state index contributed by atoms with van der Waals surface area (Å²) in [6.45, 7) is 0. The van der Waals surface area contributed by atoms with Crippen LogP contribution in [0, 0.1) is 0 Å². The molecule has 210 valence electrons. The van der Waals surface area contributed by atoms with Crippen molar-refractivity contribution in [3.63, 3.8) is 0 Å². The third kappa shape index (κ3) is 7.07. The Morgan fingerprint density at radius 1 is 0.295 bits per heavy atom. The van der Waals surface area contributed by atoms with Crippen LogP contribution in [0.4, 0.5) is 0 Å². The van der Waals surface area contributed by atoms with Crippen LogP contribution >= 0.6 is 0 Å². The fraction of sp³-hybridized carbons (Fsp3) is 0. The van der Waals surface area contributed by atoms with Crippen molar-refractivity contribution in [2.24, 2.45) is 0 Å². The SMILES string of the molecule is c1ccc(-c2ccc3ccccc3c2)nc1.c1ccc(-c2cccc3ccccc23)nc1.c1ccc(-c2ccccn2)nc1. The molecule has 0 amide bonds. The van der Waals surface area contributed by atoms with Gasteiger partial charge < -0.3 is 0 Å². The Bertz CT molecular complexity index is 2000. The van der Waals surface area contributed by atoms with Crippen LogP contribution in [-0.2, 0) is 0 Å². The topological polar surface area (TPSA) is 51.6 Å². The number of nitrogens with zero attached hydrogens (tertiary/aromatic N) is 4. The highest BCUT2D eigenvalue weighted by Crippen LogP contribution is 2.26. The summed E-state index contributed by atoms with van der Waals surface area (Å²) in [6.07, 6.45) is 7.19. The number of fused-ring (bicyclic) bond motifs is 2. The highest BCUT2D eigenvalue weighted by Gasteiger charge is 2.03. The minimum atomic E-state index is 0.915. The lowest BCUT2D eigenvalue weighted by Gasteiger charge is -2.05. The zero-order valence-electron chi connectivity index (χ0n) is 24.1. The summed E-state index contributed by atoms with van der Waals surface area (Å²) in [5.74, 6) is 0. The predicted molar refractivity (Wildman–Crippen MR) is 182 cm³/mol. The Morgan fingerprint density at radius 2 is 0.773 bits per heavy atom. The molecule has 0 N–H and O–H groups in total. The summed E-state index contributed by atoms with van der Waals surface area (Å²) in [4.78, 5) is 17.1. The largest absolute Gasteiger partial charge is 0.256 e. The van der Waals surface area contributed by atoms with Gasteiger partial charge in [0.1, 0.15) is 0 Å². The van der Waals surface area contributed by atoms with Gasteiger partial charge in [-0.1, -0.05) is 103 Å². The number of hydrogen-bond acceptors (Lipinski definition) is 4. The average Bonchev–Trinajstić information content (AvgIpc) is 3.13. The maximum atomic E-state index is 4.40. The average molecular weight is 567 g/mol. The first-order chi connectivity index (χ1) is 21.8. The quantitative estimate of drug-likeness (QED) is 0.214. The zero-order valence-corrected chi connectivity index (χ0v) is 24.1. The fourth-order valence-corrected chi connectivity index (χ4v) is 4.88. The third-order valence-electron chi connectivity index (χ3n) is 7.03. The van der Waals surface area contributed by atoms with Crippen molar-refractivity contribution < 1.29 is 0 Å². The van der Waals surface area contributed by atoms with Crippen LogP contribution in [0.1, 0.15) is 0 Å². The highest BCUT2D eigenvalue weighted by molar-refractivity contribution is 5.95. The van der Waals surface area contributed by atoms with E-state index in [0.29, 0.717) is 0 Å². The summed E-state index contributed by atoms with van der Waals surface area (Å²) in [5, 5.41) is 5.03. The summed E-state index contributed by atoms with van der Waals surface area (Å²) in [7, 11) is 0. The van der Waals surface area contributed by atoms with Crippen LogP contribution < -0.4 is 0 Å². The van der Waals surface area contributed by atoms with Crippen LogP contribution in [0.5, 0.6) is 0 Å². The van der Waals surface area contributed by atoms with Crippen molar-refractivity contribution in [2.45, 2.75) is 0 Å². The predicted octanol–water partition coefficient (Wildman–Crippen LogP) is 9.95. The molecule has 0 atom stereocenters. The van der Waals surface area contributed by atoms with E-state index in [0.717, 1.165) is 22.8 Å². The van der Waals surface area contributed by atoms with E-state index in [2.05, 4.69) is 105 Å². The van der Waals surface area contributed by atoms with Gasteiger partial charge >= 0.3 is 0 Å². The Kier molecular flexibility index (Phi) is 9.11. The van der Waals surface area contributed by atoms with Gasteiger partial charge in [0.25, 0.3) is 0 Å². The third-order valence-corrected chi connectivity index (χ3v) is 7.03. The van der Waals surface area contributed by atoms with Crippen molar-refractivity contribution in [3.8, 4) is 33.9 Å². The van der Waals surface area contributed by atoms with Crippen molar-refractivity contribution in [3.05, 3.63) is 183 Å². The summed E-state index contributed by atoms with van der Waals surface area (Å²) in [6, 6.07) is 53.1. The van der Waals surface area contributed by atoms with Gasteiger partial charge in [-0.2, -0.15) is 0 Å². The molecule has 4 aromatic carbocycles. The van der Waals surface area contributed by atoms with E-state index < -0.39 is 0 Å². The summed E-state index contributed by atoms with van der Waals surface area (Å²) >= 11 is 0. The molecule has 4 heteroatoms. The normalized spacial score (nSPS) is 10.3. The van der Waals surface area contributed by atoms with Gasteiger partial charge in [0.05, 0.1) is 22.8 Å². The molecule has 0 saturated heterocycles. The molecule has 0 saturated carbocycles. The molecule has 0 radical (unpaired) electrons. The van der Waals surface area contributed by atoms with E-state index in [1.165, 1.54) is 32.7 Å².